The first kappa shape index (κ1) is 13.1. The molecule has 0 heterocycles. The predicted octanol–water partition coefficient (Wildman–Crippen LogP) is 3.13. The van der Waals surface area contributed by atoms with Crippen LogP contribution < -0.4 is 5.32 Å². The normalized spacial score (nSPS) is 10.5. The van der Waals surface area contributed by atoms with E-state index in [4.69, 9.17) is 5.11 Å². The highest BCUT2D eigenvalue weighted by Crippen LogP contribution is 2.25. The fraction of sp³-hybridized carbons (Fsp3) is 0.0769. The second-order valence-corrected chi connectivity index (χ2v) is 3.91. The van der Waals surface area contributed by atoms with E-state index in [1.165, 1.54) is 12.1 Å². The zero-order chi connectivity index (χ0) is 14.0. The topological polar surface area (TPSA) is 52.5 Å². The number of benzene rings is 2. The number of halogens is 3. The van der Waals surface area contributed by atoms with Crippen LogP contribution in [0, 0.1) is 17.5 Å². The average Bonchev–Trinajstić information content (AvgIpc) is 2.30. The van der Waals surface area contributed by atoms with Gasteiger partial charge in [0.25, 0.3) is 0 Å². The molecular formula is C13H10F3NO2. The molecular weight excluding hydrogens is 259 g/mol. The molecule has 100 valence electrons. The summed E-state index contributed by atoms with van der Waals surface area (Å²) in [6.45, 7) is -0.0778. The molecule has 0 saturated carbocycles. The summed E-state index contributed by atoms with van der Waals surface area (Å²) >= 11 is 0. The van der Waals surface area contributed by atoms with Crippen molar-refractivity contribution in [3.63, 3.8) is 0 Å². The minimum atomic E-state index is -1.06. The molecule has 0 radical (unpaired) electrons. The molecule has 0 aliphatic carbocycles. The van der Waals surface area contributed by atoms with Gasteiger partial charge < -0.3 is 15.5 Å². The summed E-state index contributed by atoms with van der Waals surface area (Å²) in [6, 6.07) is 4.95. The Hall–Kier alpha value is -2.37. The van der Waals surface area contributed by atoms with Crippen LogP contribution >= 0.6 is 0 Å². The van der Waals surface area contributed by atoms with Crippen LogP contribution in [0.15, 0.2) is 30.3 Å². The summed E-state index contributed by atoms with van der Waals surface area (Å²) in [7, 11) is 0. The third-order valence-electron chi connectivity index (χ3n) is 2.53. The molecule has 0 aliphatic heterocycles. The smallest absolute Gasteiger partial charge is 0.152 e. The summed E-state index contributed by atoms with van der Waals surface area (Å²) in [4.78, 5) is 0. The van der Waals surface area contributed by atoms with Crippen LogP contribution in [0.4, 0.5) is 18.9 Å². The van der Waals surface area contributed by atoms with E-state index in [0.717, 1.165) is 6.07 Å². The van der Waals surface area contributed by atoms with Crippen molar-refractivity contribution in [3.05, 3.63) is 53.3 Å². The van der Waals surface area contributed by atoms with Gasteiger partial charge in [0.15, 0.2) is 11.6 Å². The predicted molar refractivity (Wildman–Crippen MR) is 63.4 cm³/mol. The summed E-state index contributed by atoms with van der Waals surface area (Å²) in [5, 5.41) is 21.0. The molecule has 2 rings (SSSR count). The molecule has 3 N–H and O–H groups in total. The number of anilines is 1. The Morgan fingerprint density at radius 3 is 2.16 bits per heavy atom. The first-order valence-corrected chi connectivity index (χ1v) is 5.36. The molecule has 0 atom stereocenters. The van der Waals surface area contributed by atoms with E-state index in [-0.39, 0.29) is 18.0 Å². The van der Waals surface area contributed by atoms with E-state index in [0.29, 0.717) is 17.7 Å². The second-order valence-electron chi connectivity index (χ2n) is 3.91. The van der Waals surface area contributed by atoms with Gasteiger partial charge >= 0.3 is 0 Å². The zero-order valence-electron chi connectivity index (χ0n) is 9.62. The maximum absolute atomic E-state index is 13.3. The summed E-state index contributed by atoms with van der Waals surface area (Å²) in [6.07, 6.45) is 0. The number of phenols is 2. The van der Waals surface area contributed by atoms with Crippen molar-refractivity contribution in [1.29, 1.82) is 0 Å². The Morgan fingerprint density at radius 1 is 0.947 bits per heavy atom. The largest absolute Gasteiger partial charge is 0.508 e. The van der Waals surface area contributed by atoms with Crippen LogP contribution in [0.5, 0.6) is 11.5 Å². The third kappa shape index (κ3) is 2.90. The molecule has 0 bridgehead atoms. The molecule has 0 unspecified atom stereocenters. The molecule has 0 spiro atoms. The van der Waals surface area contributed by atoms with Gasteiger partial charge in [-0.15, -0.1) is 0 Å². The van der Waals surface area contributed by atoms with Crippen molar-refractivity contribution in [1.82, 2.24) is 0 Å². The SMILES string of the molecule is Oc1ccc(CNc2c(F)cc(F)cc2F)c(O)c1. The van der Waals surface area contributed by atoms with Gasteiger partial charge in [0.1, 0.15) is 23.0 Å². The quantitative estimate of drug-likeness (QED) is 0.802. The van der Waals surface area contributed by atoms with Crippen LogP contribution in [-0.2, 0) is 6.54 Å². The number of hydrogen-bond donors (Lipinski definition) is 3. The van der Waals surface area contributed by atoms with E-state index in [9.17, 15) is 18.3 Å². The number of hydrogen-bond acceptors (Lipinski definition) is 3. The Bertz CT molecular complexity index is 594. The number of phenolic OH excluding ortho intramolecular Hbond substituents is 2. The number of aromatic hydroxyl groups is 2. The Morgan fingerprint density at radius 2 is 1.58 bits per heavy atom. The molecule has 6 heteroatoms. The summed E-state index contributed by atoms with van der Waals surface area (Å²) < 4.78 is 39.4. The molecule has 2 aromatic carbocycles. The number of rotatable bonds is 3. The van der Waals surface area contributed by atoms with Crippen molar-refractivity contribution in [2.24, 2.45) is 0 Å². The highest BCUT2D eigenvalue weighted by molar-refractivity contribution is 5.48. The third-order valence-corrected chi connectivity index (χ3v) is 2.53. The standard InChI is InChI=1S/C13H10F3NO2/c14-8-3-10(15)13(11(16)4-8)17-6-7-1-2-9(18)5-12(7)19/h1-5,17-19H,6H2. The van der Waals surface area contributed by atoms with Crippen LogP contribution in [0.2, 0.25) is 0 Å². The lowest BCUT2D eigenvalue weighted by Crippen LogP contribution is -2.04. The van der Waals surface area contributed by atoms with Crippen LogP contribution in [0.3, 0.4) is 0 Å². The van der Waals surface area contributed by atoms with Crippen molar-refractivity contribution in [2.75, 3.05) is 5.32 Å². The Balaban J connectivity index is 2.19. The molecule has 0 fully saturated rings. The van der Waals surface area contributed by atoms with Gasteiger partial charge in [0.2, 0.25) is 0 Å². The highest BCUT2D eigenvalue weighted by atomic mass is 19.1. The van der Waals surface area contributed by atoms with Crippen molar-refractivity contribution in [2.45, 2.75) is 6.54 Å². The molecule has 3 nitrogen and oxygen atoms in total. The van der Waals surface area contributed by atoms with Gasteiger partial charge in [-0.05, 0) is 12.1 Å². The fourth-order valence-electron chi connectivity index (χ4n) is 1.60. The summed E-state index contributed by atoms with van der Waals surface area (Å²) in [5.41, 5.74) is -0.144. The van der Waals surface area contributed by atoms with Crippen molar-refractivity contribution < 1.29 is 23.4 Å². The lowest BCUT2D eigenvalue weighted by atomic mass is 10.2. The van der Waals surface area contributed by atoms with Gasteiger partial charge in [-0.3, -0.25) is 0 Å². The fourth-order valence-corrected chi connectivity index (χ4v) is 1.60. The van der Waals surface area contributed by atoms with Gasteiger partial charge in [-0.2, -0.15) is 0 Å². The van der Waals surface area contributed by atoms with E-state index in [1.807, 2.05) is 0 Å². The van der Waals surface area contributed by atoms with Gasteiger partial charge in [-0.1, -0.05) is 0 Å². The lowest BCUT2D eigenvalue weighted by Gasteiger charge is -2.10. The number of nitrogens with one attached hydrogen (secondary N) is 1. The second kappa shape index (κ2) is 5.09. The maximum Gasteiger partial charge on any atom is 0.152 e. The minimum Gasteiger partial charge on any atom is -0.508 e. The molecule has 2 aromatic rings. The van der Waals surface area contributed by atoms with Crippen LogP contribution in [-0.4, -0.2) is 10.2 Å². The van der Waals surface area contributed by atoms with Gasteiger partial charge in [-0.25, -0.2) is 13.2 Å². The average molecular weight is 269 g/mol. The molecule has 0 aliphatic rings. The van der Waals surface area contributed by atoms with Gasteiger partial charge in [0.05, 0.1) is 0 Å². The maximum atomic E-state index is 13.3. The monoisotopic (exact) mass is 269 g/mol. The zero-order valence-corrected chi connectivity index (χ0v) is 9.62. The first-order chi connectivity index (χ1) is 8.97. The van der Waals surface area contributed by atoms with Crippen molar-refractivity contribution >= 4 is 5.69 Å². The Labute approximate surface area is 106 Å². The van der Waals surface area contributed by atoms with Crippen molar-refractivity contribution in [3.8, 4) is 11.5 Å². The van der Waals surface area contributed by atoms with Crippen LogP contribution in [0.1, 0.15) is 5.56 Å². The van der Waals surface area contributed by atoms with E-state index >= 15 is 0 Å². The Kier molecular flexibility index (Phi) is 3.50. The molecule has 0 amide bonds. The first-order valence-electron chi connectivity index (χ1n) is 5.36. The highest BCUT2D eigenvalue weighted by Gasteiger charge is 2.12. The van der Waals surface area contributed by atoms with E-state index in [1.54, 1.807) is 0 Å². The van der Waals surface area contributed by atoms with E-state index < -0.39 is 23.1 Å². The van der Waals surface area contributed by atoms with E-state index in [2.05, 4.69) is 5.32 Å². The van der Waals surface area contributed by atoms with Gasteiger partial charge in [0, 0.05) is 30.3 Å². The molecule has 0 saturated heterocycles. The lowest BCUT2D eigenvalue weighted by molar-refractivity contribution is 0.446. The molecule has 19 heavy (non-hydrogen) atoms. The van der Waals surface area contributed by atoms with Crippen LogP contribution in [0.25, 0.3) is 0 Å². The summed E-state index contributed by atoms with van der Waals surface area (Å²) in [5.74, 6) is -3.46. The molecule has 0 aromatic heterocycles. The minimum absolute atomic E-state index is 0.0778.